The Labute approximate surface area is 117 Å². The van der Waals surface area contributed by atoms with Crippen LogP contribution in [0, 0.1) is 0 Å². The molecule has 0 N–H and O–H groups in total. The summed E-state index contributed by atoms with van der Waals surface area (Å²) in [6, 6.07) is 14.4. The summed E-state index contributed by atoms with van der Waals surface area (Å²) in [6.45, 7) is 0. The van der Waals surface area contributed by atoms with E-state index in [1.807, 2.05) is 24.3 Å². The van der Waals surface area contributed by atoms with Crippen molar-refractivity contribution in [2.24, 2.45) is 0 Å². The van der Waals surface area contributed by atoms with E-state index in [0.29, 0.717) is 10.6 Å². The Bertz CT molecular complexity index is 618. The van der Waals surface area contributed by atoms with E-state index in [2.05, 4.69) is 0 Å². The SMILES string of the molecule is COc1ccccc1C=CC(=O)c1cccc(Cl)c1. The maximum Gasteiger partial charge on any atom is 0.185 e. The molecule has 19 heavy (non-hydrogen) atoms. The molecule has 0 saturated carbocycles. The smallest absolute Gasteiger partial charge is 0.185 e. The summed E-state index contributed by atoms with van der Waals surface area (Å²) < 4.78 is 5.22. The van der Waals surface area contributed by atoms with Crippen LogP contribution >= 0.6 is 11.6 Å². The third-order valence-corrected chi connectivity index (χ3v) is 2.90. The molecule has 0 aromatic heterocycles. The molecule has 3 heteroatoms. The number of methoxy groups -OCH3 is 1. The normalized spacial score (nSPS) is 10.6. The van der Waals surface area contributed by atoms with Crippen LogP contribution in [0.2, 0.25) is 5.02 Å². The van der Waals surface area contributed by atoms with Crippen molar-refractivity contribution in [2.75, 3.05) is 7.11 Å². The third-order valence-electron chi connectivity index (χ3n) is 2.66. The van der Waals surface area contributed by atoms with Gasteiger partial charge in [-0.25, -0.2) is 0 Å². The van der Waals surface area contributed by atoms with Crippen molar-refractivity contribution in [3.63, 3.8) is 0 Å². The van der Waals surface area contributed by atoms with Gasteiger partial charge in [0.1, 0.15) is 5.75 Å². The molecule has 2 rings (SSSR count). The quantitative estimate of drug-likeness (QED) is 0.614. The predicted octanol–water partition coefficient (Wildman–Crippen LogP) is 4.24. The molecule has 0 unspecified atom stereocenters. The molecule has 0 fully saturated rings. The van der Waals surface area contributed by atoms with Crippen LogP contribution in [0.5, 0.6) is 5.75 Å². The van der Waals surface area contributed by atoms with Gasteiger partial charge in [0, 0.05) is 16.1 Å². The van der Waals surface area contributed by atoms with Gasteiger partial charge in [-0.15, -0.1) is 0 Å². The average Bonchev–Trinajstić information content (AvgIpc) is 2.45. The zero-order valence-electron chi connectivity index (χ0n) is 10.5. The van der Waals surface area contributed by atoms with Crippen LogP contribution in [-0.4, -0.2) is 12.9 Å². The summed E-state index contributed by atoms with van der Waals surface area (Å²) in [6.07, 6.45) is 3.26. The zero-order chi connectivity index (χ0) is 13.7. The highest BCUT2D eigenvalue weighted by atomic mass is 35.5. The fourth-order valence-electron chi connectivity index (χ4n) is 1.71. The molecule has 2 aromatic rings. The Kier molecular flexibility index (Phi) is 4.37. The monoisotopic (exact) mass is 272 g/mol. The third kappa shape index (κ3) is 3.46. The second-order valence-corrected chi connectivity index (χ2v) is 4.39. The number of ether oxygens (including phenoxy) is 1. The highest BCUT2D eigenvalue weighted by Crippen LogP contribution is 2.19. The van der Waals surface area contributed by atoms with Gasteiger partial charge in [0.25, 0.3) is 0 Å². The van der Waals surface area contributed by atoms with Gasteiger partial charge in [-0.1, -0.05) is 41.9 Å². The van der Waals surface area contributed by atoms with Crippen molar-refractivity contribution in [2.45, 2.75) is 0 Å². The van der Waals surface area contributed by atoms with Gasteiger partial charge in [-0.05, 0) is 30.4 Å². The lowest BCUT2D eigenvalue weighted by atomic mass is 10.1. The second kappa shape index (κ2) is 6.21. The standard InChI is InChI=1S/C16H13ClO2/c1-19-16-8-3-2-5-12(16)9-10-15(18)13-6-4-7-14(17)11-13/h2-11H,1H3. The minimum atomic E-state index is -0.0894. The lowest BCUT2D eigenvalue weighted by Gasteiger charge is -2.03. The first-order valence-electron chi connectivity index (χ1n) is 5.81. The van der Waals surface area contributed by atoms with E-state index in [1.165, 1.54) is 6.08 Å². The highest BCUT2D eigenvalue weighted by molar-refractivity contribution is 6.31. The number of benzene rings is 2. The molecule has 0 bridgehead atoms. The first-order chi connectivity index (χ1) is 9.20. The molecule has 0 atom stereocenters. The van der Waals surface area contributed by atoms with E-state index in [0.717, 1.165) is 11.3 Å². The van der Waals surface area contributed by atoms with E-state index < -0.39 is 0 Å². The van der Waals surface area contributed by atoms with Crippen LogP contribution in [0.1, 0.15) is 15.9 Å². The fraction of sp³-hybridized carbons (Fsp3) is 0.0625. The number of carbonyl (C=O) groups excluding carboxylic acids is 1. The van der Waals surface area contributed by atoms with Gasteiger partial charge in [-0.2, -0.15) is 0 Å². The first kappa shape index (κ1) is 13.4. The number of hydrogen-bond donors (Lipinski definition) is 0. The number of halogens is 1. The Morgan fingerprint density at radius 3 is 2.68 bits per heavy atom. The second-order valence-electron chi connectivity index (χ2n) is 3.95. The van der Waals surface area contributed by atoms with Crippen LogP contribution in [-0.2, 0) is 0 Å². The van der Waals surface area contributed by atoms with E-state index in [4.69, 9.17) is 16.3 Å². The molecular weight excluding hydrogens is 260 g/mol. The summed E-state index contributed by atoms with van der Waals surface area (Å²) in [5.41, 5.74) is 1.43. The van der Waals surface area contributed by atoms with Gasteiger partial charge in [-0.3, -0.25) is 4.79 Å². The number of allylic oxidation sites excluding steroid dienone is 1. The number of carbonyl (C=O) groups is 1. The lowest BCUT2D eigenvalue weighted by molar-refractivity contribution is 0.104. The van der Waals surface area contributed by atoms with Crippen molar-refractivity contribution >= 4 is 23.5 Å². The fourth-order valence-corrected chi connectivity index (χ4v) is 1.90. The first-order valence-corrected chi connectivity index (χ1v) is 6.19. The highest BCUT2D eigenvalue weighted by Gasteiger charge is 2.03. The minimum Gasteiger partial charge on any atom is -0.496 e. The van der Waals surface area contributed by atoms with Crippen LogP contribution in [0.3, 0.4) is 0 Å². The zero-order valence-corrected chi connectivity index (χ0v) is 11.2. The van der Waals surface area contributed by atoms with Crippen molar-refractivity contribution in [3.8, 4) is 5.75 Å². The largest absolute Gasteiger partial charge is 0.496 e. The van der Waals surface area contributed by atoms with E-state index in [9.17, 15) is 4.79 Å². The molecule has 0 amide bonds. The van der Waals surface area contributed by atoms with Gasteiger partial charge in [0.2, 0.25) is 0 Å². The van der Waals surface area contributed by atoms with Crippen molar-refractivity contribution in [3.05, 3.63) is 70.8 Å². The van der Waals surface area contributed by atoms with Gasteiger partial charge < -0.3 is 4.74 Å². The molecule has 2 nitrogen and oxygen atoms in total. The van der Waals surface area contributed by atoms with Crippen molar-refractivity contribution in [1.82, 2.24) is 0 Å². The number of rotatable bonds is 4. The summed E-state index contributed by atoms with van der Waals surface area (Å²) in [4.78, 5) is 12.0. The number of para-hydroxylation sites is 1. The lowest BCUT2D eigenvalue weighted by Crippen LogP contribution is -1.94. The maximum absolute atomic E-state index is 12.0. The predicted molar refractivity (Wildman–Crippen MR) is 77.8 cm³/mol. The molecule has 0 saturated heterocycles. The molecular formula is C16H13ClO2. The average molecular weight is 273 g/mol. The van der Waals surface area contributed by atoms with E-state index >= 15 is 0 Å². The van der Waals surface area contributed by atoms with Crippen LogP contribution in [0.25, 0.3) is 6.08 Å². The van der Waals surface area contributed by atoms with Crippen molar-refractivity contribution in [1.29, 1.82) is 0 Å². The Morgan fingerprint density at radius 2 is 1.95 bits per heavy atom. The van der Waals surface area contributed by atoms with Crippen molar-refractivity contribution < 1.29 is 9.53 Å². The Morgan fingerprint density at radius 1 is 1.16 bits per heavy atom. The molecule has 0 spiro atoms. The van der Waals surface area contributed by atoms with Crippen LogP contribution in [0.4, 0.5) is 0 Å². The van der Waals surface area contributed by atoms with E-state index in [-0.39, 0.29) is 5.78 Å². The maximum atomic E-state index is 12.0. The molecule has 2 aromatic carbocycles. The van der Waals surface area contributed by atoms with Gasteiger partial charge in [0.15, 0.2) is 5.78 Å². The molecule has 0 aliphatic rings. The topological polar surface area (TPSA) is 26.3 Å². The Balaban J connectivity index is 2.21. The van der Waals surface area contributed by atoms with Crippen LogP contribution < -0.4 is 4.74 Å². The van der Waals surface area contributed by atoms with Gasteiger partial charge >= 0.3 is 0 Å². The summed E-state index contributed by atoms with van der Waals surface area (Å²) in [5, 5.41) is 0.552. The molecule has 96 valence electrons. The molecule has 0 aliphatic heterocycles. The summed E-state index contributed by atoms with van der Waals surface area (Å²) in [5.74, 6) is 0.644. The molecule has 0 heterocycles. The molecule has 0 radical (unpaired) electrons. The number of ketones is 1. The minimum absolute atomic E-state index is 0.0894. The summed E-state index contributed by atoms with van der Waals surface area (Å²) in [7, 11) is 1.60. The molecule has 0 aliphatic carbocycles. The van der Waals surface area contributed by atoms with E-state index in [1.54, 1.807) is 37.5 Å². The Hall–Kier alpha value is -2.06. The summed E-state index contributed by atoms with van der Waals surface area (Å²) >= 11 is 5.86. The van der Waals surface area contributed by atoms with Crippen LogP contribution in [0.15, 0.2) is 54.6 Å². The number of hydrogen-bond acceptors (Lipinski definition) is 2. The van der Waals surface area contributed by atoms with Gasteiger partial charge in [0.05, 0.1) is 7.11 Å².